The van der Waals surface area contributed by atoms with E-state index in [0.717, 1.165) is 0 Å². The summed E-state index contributed by atoms with van der Waals surface area (Å²) in [5.41, 5.74) is 0. The van der Waals surface area contributed by atoms with Crippen molar-refractivity contribution in [3.8, 4) is 5.88 Å². The Labute approximate surface area is 124 Å². The molecule has 1 aliphatic heterocycles. The standard InChI is InChI=1S/C12H18N2O5S2/c1-10(2)19-12-4-3-11(9-13-12)21(16,17)14-20(15)7-5-18-6-8-20/h3-4,9-10H,5-8H2,1-2H3. The van der Waals surface area contributed by atoms with Crippen LogP contribution in [0.25, 0.3) is 0 Å². The van der Waals surface area contributed by atoms with Crippen LogP contribution in [0.1, 0.15) is 13.8 Å². The third-order valence-electron chi connectivity index (χ3n) is 2.69. The fourth-order valence-corrected chi connectivity index (χ4v) is 5.47. The van der Waals surface area contributed by atoms with Gasteiger partial charge >= 0.3 is 0 Å². The van der Waals surface area contributed by atoms with Gasteiger partial charge in [0, 0.05) is 6.07 Å². The molecule has 0 radical (unpaired) electrons. The molecule has 0 saturated carbocycles. The van der Waals surface area contributed by atoms with Gasteiger partial charge in [-0.1, -0.05) is 0 Å². The zero-order valence-corrected chi connectivity index (χ0v) is 13.5. The monoisotopic (exact) mass is 334 g/mol. The van der Waals surface area contributed by atoms with E-state index < -0.39 is 19.8 Å². The molecule has 2 rings (SSSR count). The topological polar surface area (TPSA) is 94.9 Å². The van der Waals surface area contributed by atoms with Crippen LogP contribution in [0.5, 0.6) is 5.88 Å². The normalized spacial score (nSPS) is 18.4. The first-order valence-electron chi connectivity index (χ1n) is 6.50. The average molecular weight is 334 g/mol. The maximum absolute atomic E-state index is 12.3. The molecule has 2 heterocycles. The molecule has 0 aromatic carbocycles. The highest BCUT2D eigenvalue weighted by Crippen LogP contribution is 2.18. The third-order valence-corrected chi connectivity index (χ3v) is 7.01. The van der Waals surface area contributed by atoms with Crippen molar-refractivity contribution in [2.45, 2.75) is 24.8 Å². The molecule has 7 nitrogen and oxygen atoms in total. The predicted molar refractivity (Wildman–Crippen MR) is 78.3 cm³/mol. The van der Waals surface area contributed by atoms with E-state index in [2.05, 4.69) is 8.75 Å². The molecular formula is C12H18N2O5S2. The minimum Gasteiger partial charge on any atom is -0.475 e. The Morgan fingerprint density at radius 3 is 2.52 bits per heavy atom. The number of ether oxygens (including phenoxy) is 2. The first kappa shape index (κ1) is 16.2. The lowest BCUT2D eigenvalue weighted by atomic mass is 10.4. The number of sulfonamides is 1. The Bertz CT molecular complexity index is 692. The van der Waals surface area contributed by atoms with Gasteiger partial charge in [-0.15, -0.1) is 3.77 Å². The summed E-state index contributed by atoms with van der Waals surface area (Å²) in [5.74, 6) is 0.599. The van der Waals surface area contributed by atoms with Crippen LogP contribution in [0.4, 0.5) is 0 Å². The molecule has 1 saturated heterocycles. The Morgan fingerprint density at radius 2 is 2.00 bits per heavy atom. The molecule has 21 heavy (non-hydrogen) atoms. The lowest BCUT2D eigenvalue weighted by Gasteiger charge is -2.15. The van der Waals surface area contributed by atoms with Crippen molar-refractivity contribution in [2.75, 3.05) is 24.7 Å². The smallest absolute Gasteiger partial charge is 0.291 e. The van der Waals surface area contributed by atoms with Crippen molar-refractivity contribution < 1.29 is 22.1 Å². The minimum atomic E-state index is -3.99. The molecule has 0 atom stereocenters. The van der Waals surface area contributed by atoms with Crippen LogP contribution >= 0.6 is 0 Å². The van der Waals surface area contributed by atoms with E-state index in [9.17, 15) is 12.6 Å². The van der Waals surface area contributed by atoms with Gasteiger partial charge in [0.15, 0.2) is 0 Å². The molecular weight excluding hydrogens is 316 g/mol. The van der Waals surface area contributed by atoms with Gasteiger partial charge in [-0.2, -0.15) is 8.42 Å². The Kier molecular flexibility index (Phi) is 4.84. The number of rotatable bonds is 4. The lowest BCUT2D eigenvalue weighted by molar-refractivity contribution is 0.158. The fraction of sp³-hybridized carbons (Fsp3) is 0.583. The van der Waals surface area contributed by atoms with Gasteiger partial charge in [0.05, 0.1) is 46.7 Å². The molecule has 0 amide bonds. The van der Waals surface area contributed by atoms with Gasteiger partial charge in [-0.3, -0.25) is 0 Å². The van der Waals surface area contributed by atoms with Crippen LogP contribution in [0.15, 0.2) is 27.0 Å². The number of hydrogen-bond acceptors (Lipinski definition) is 6. The molecule has 0 aliphatic carbocycles. The zero-order chi connectivity index (χ0) is 15.5. The molecule has 0 spiro atoms. The van der Waals surface area contributed by atoms with E-state index in [1.807, 2.05) is 13.8 Å². The Hall–Kier alpha value is -1.19. The van der Waals surface area contributed by atoms with Crippen LogP contribution in [0.2, 0.25) is 0 Å². The van der Waals surface area contributed by atoms with Gasteiger partial charge in [-0.25, -0.2) is 9.19 Å². The SMILES string of the molecule is CC(C)Oc1ccc(S(=O)(=O)N=S2(=O)CCOCC2)cn1. The number of hydrogen-bond donors (Lipinski definition) is 0. The molecule has 1 aliphatic rings. The highest BCUT2D eigenvalue weighted by molar-refractivity contribution is 8.03. The molecule has 0 unspecified atom stereocenters. The molecule has 118 valence electrons. The summed E-state index contributed by atoms with van der Waals surface area (Å²) in [7, 11) is -6.76. The van der Waals surface area contributed by atoms with Crippen LogP contribution in [0, 0.1) is 0 Å². The highest BCUT2D eigenvalue weighted by atomic mass is 32.3. The summed E-state index contributed by atoms with van der Waals surface area (Å²) in [6.45, 7) is 4.21. The Balaban J connectivity index is 2.27. The molecule has 0 bridgehead atoms. The maximum Gasteiger partial charge on any atom is 0.291 e. The van der Waals surface area contributed by atoms with Crippen LogP contribution in [-0.4, -0.2) is 48.4 Å². The first-order chi connectivity index (χ1) is 9.81. The molecule has 1 aromatic rings. The van der Waals surface area contributed by atoms with Crippen molar-refractivity contribution >= 4 is 19.8 Å². The van der Waals surface area contributed by atoms with E-state index in [4.69, 9.17) is 9.47 Å². The maximum atomic E-state index is 12.3. The molecule has 1 aromatic heterocycles. The van der Waals surface area contributed by atoms with Gasteiger partial charge in [0.2, 0.25) is 5.88 Å². The summed E-state index contributed by atoms with van der Waals surface area (Å²) in [6, 6.07) is 2.81. The van der Waals surface area contributed by atoms with E-state index in [0.29, 0.717) is 5.88 Å². The number of nitrogens with zero attached hydrogens (tertiary/aromatic N) is 2. The summed E-state index contributed by atoms with van der Waals surface area (Å²) in [6.07, 6.45) is 1.11. The summed E-state index contributed by atoms with van der Waals surface area (Å²) in [5, 5.41) is 0. The van der Waals surface area contributed by atoms with Crippen LogP contribution in [0.3, 0.4) is 0 Å². The number of pyridine rings is 1. The van der Waals surface area contributed by atoms with Crippen molar-refractivity contribution in [1.82, 2.24) is 4.98 Å². The fourth-order valence-electron chi connectivity index (χ4n) is 1.71. The molecule has 0 N–H and O–H groups in total. The van der Waals surface area contributed by atoms with Gasteiger partial charge in [0.25, 0.3) is 10.0 Å². The minimum absolute atomic E-state index is 0.0544. The quantitative estimate of drug-likeness (QED) is 0.817. The van der Waals surface area contributed by atoms with E-state index in [-0.39, 0.29) is 35.7 Å². The van der Waals surface area contributed by atoms with Crippen molar-refractivity contribution in [1.29, 1.82) is 0 Å². The first-order valence-corrected chi connectivity index (χ1v) is 9.79. The van der Waals surface area contributed by atoms with Gasteiger partial charge in [0.1, 0.15) is 4.90 Å². The summed E-state index contributed by atoms with van der Waals surface area (Å²) in [4.78, 5) is 3.83. The van der Waals surface area contributed by atoms with Crippen LogP contribution in [-0.2, 0) is 24.5 Å². The van der Waals surface area contributed by atoms with Crippen molar-refractivity contribution in [3.05, 3.63) is 18.3 Å². The molecule has 9 heteroatoms. The summed E-state index contributed by atoms with van der Waals surface area (Å²) < 4.78 is 50.7. The second-order valence-corrected chi connectivity index (χ2v) is 9.22. The predicted octanol–water partition coefficient (Wildman–Crippen LogP) is 1.06. The van der Waals surface area contributed by atoms with Gasteiger partial charge < -0.3 is 9.47 Å². The largest absolute Gasteiger partial charge is 0.475 e. The van der Waals surface area contributed by atoms with E-state index in [1.54, 1.807) is 0 Å². The highest BCUT2D eigenvalue weighted by Gasteiger charge is 2.22. The van der Waals surface area contributed by atoms with Crippen molar-refractivity contribution in [2.24, 2.45) is 3.77 Å². The summed E-state index contributed by atoms with van der Waals surface area (Å²) >= 11 is 0. The molecule has 1 fully saturated rings. The lowest BCUT2D eigenvalue weighted by Crippen LogP contribution is -2.26. The second-order valence-electron chi connectivity index (χ2n) is 4.84. The van der Waals surface area contributed by atoms with E-state index >= 15 is 0 Å². The Morgan fingerprint density at radius 1 is 1.33 bits per heavy atom. The van der Waals surface area contributed by atoms with Crippen LogP contribution < -0.4 is 4.74 Å². The third kappa shape index (κ3) is 4.39. The second kappa shape index (κ2) is 6.29. The van der Waals surface area contributed by atoms with Gasteiger partial charge in [-0.05, 0) is 19.9 Å². The van der Waals surface area contributed by atoms with Crippen molar-refractivity contribution in [3.63, 3.8) is 0 Å². The zero-order valence-electron chi connectivity index (χ0n) is 11.9. The average Bonchev–Trinajstić information content (AvgIpc) is 2.38. The number of aromatic nitrogens is 1. The van der Waals surface area contributed by atoms with E-state index in [1.165, 1.54) is 18.3 Å².